The zero-order valence-electron chi connectivity index (χ0n) is 16.4. The fourth-order valence-corrected chi connectivity index (χ4v) is 4.05. The first kappa shape index (κ1) is 17.9. The Morgan fingerprint density at radius 2 is 1.97 bits per heavy atom. The lowest BCUT2D eigenvalue weighted by Crippen LogP contribution is -2.52. The van der Waals surface area contributed by atoms with Crippen molar-refractivity contribution in [3.63, 3.8) is 0 Å². The largest absolute Gasteiger partial charge is 0.507 e. The van der Waals surface area contributed by atoms with Gasteiger partial charge in [0.1, 0.15) is 11.6 Å². The van der Waals surface area contributed by atoms with Crippen LogP contribution in [0.2, 0.25) is 0 Å². The average Bonchev–Trinajstić information content (AvgIpc) is 3.47. The second-order valence-electron chi connectivity index (χ2n) is 7.92. The number of piperazine rings is 1. The molecule has 4 N–H and O–H groups in total. The summed E-state index contributed by atoms with van der Waals surface area (Å²) in [5.74, 6) is 1.04. The minimum atomic E-state index is 0.0511. The predicted octanol–water partition coefficient (Wildman–Crippen LogP) is 2.53. The summed E-state index contributed by atoms with van der Waals surface area (Å²) >= 11 is 0. The Kier molecular flexibility index (Phi) is 4.13. The Bertz CT molecular complexity index is 1100. The molecule has 5 rings (SSSR count). The van der Waals surface area contributed by atoms with E-state index < -0.39 is 0 Å². The number of nitrogens with one attached hydrogen (secondary N) is 3. The topological polar surface area (TPSA) is 97.2 Å². The van der Waals surface area contributed by atoms with Gasteiger partial charge in [0, 0.05) is 55.6 Å². The molecule has 0 amide bonds. The van der Waals surface area contributed by atoms with Crippen molar-refractivity contribution in [3.05, 3.63) is 59.6 Å². The minimum absolute atomic E-state index is 0.0511. The number of allylic oxidation sites excluding steroid dienone is 4. The molecule has 3 aliphatic rings. The van der Waals surface area contributed by atoms with Crippen LogP contribution in [-0.2, 0) is 0 Å². The predicted molar refractivity (Wildman–Crippen MR) is 115 cm³/mol. The number of aromatic nitrogens is 2. The summed E-state index contributed by atoms with van der Waals surface area (Å²) in [7, 11) is 1.78. The van der Waals surface area contributed by atoms with Crippen molar-refractivity contribution in [3.8, 4) is 0 Å². The lowest BCUT2D eigenvalue weighted by Gasteiger charge is -2.34. The quantitative estimate of drug-likeness (QED) is 0.645. The summed E-state index contributed by atoms with van der Waals surface area (Å²) in [4.78, 5) is 11.9. The van der Waals surface area contributed by atoms with Crippen LogP contribution in [0.3, 0.4) is 0 Å². The van der Waals surface area contributed by atoms with Gasteiger partial charge in [-0.2, -0.15) is 0 Å². The zero-order chi connectivity index (χ0) is 20.0. The number of aliphatic hydroxyl groups is 1. The van der Waals surface area contributed by atoms with Gasteiger partial charge in [-0.1, -0.05) is 0 Å². The molecule has 0 aromatic carbocycles. The molecule has 3 heterocycles. The third kappa shape index (κ3) is 3.27. The molecule has 1 aliphatic heterocycles. The molecular weight excluding hydrogens is 364 g/mol. The number of hydrogen-bond acceptors (Lipinski definition) is 7. The smallest absolute Gasteiger partial charge is 0.129 e. The molecule has 0 radical (unpaired) electrons. The number of anilines is 1. The molecule has 1 saturated carbocycles. The second-order valence-corrected chi connectivity index (χ2v) is 7.92. The lowest BCUT2D eigenvalue weighted by molar-refractivity contribution is 0.438. The summed E-state index contributed by atoms with van der Waals surface area (Å²) < 4.78 is 0. The van der Waals surface area contributed by atoms with E-state index in [1.165, 1.54) is 18.9 Å². The van der Waals surface area contributed by atoms with Crippen molar-refractivity contribution in [1.29, 1.82) is 5.41 Å². The highest BCUT2D eigenvalue weighted by Gasteiger charge is 2.45. The molecule has 7 nitrogen and oxygen atoms in total. The van der Waals surface area contributed by atoms with Crippen LogP contribution in [0.15, 0.2) is 53.9 Å². The monoisotopic (exact) mass is 388 g/mol. The van der Waals surface area contributed by atoms with Crippen LogP contribution >= 0.6 is 0 Å². The Labute approximate surface area is 169 Å². The fourth-order valence-electron chi connectivity index (χ4n) is 4.05. The number of pyridine rings is 2. The number of rotatable bonds is 3. The zero-order valence-corrected chi connectivity index (χ0v) is 16.4. The van der Waals surface area contributed by atoms with Gasteiger partial charge in [0.15, 0.2) is 0 Å². The Morgan fingerprint density at radius 1 is 1.17 bits per heavy atom. The normalized spacial score (nSPS) is 22.0. The van der Waals surface area contributed by atoms with Crippen LogP contribution in [0.25, 0.3) is 16.6 Å². The molecular formula is C22H24N6O. The first-order valence-corrected chi connectivity index (χ1v) is 9.94. The second kappa shape index (κ2) is 6.70. The summed E-state index contributed by atoms with van der Waals surface area (Å²) in [5.41, 5.74) is 4.16. The van der Waals surface area contributed by atoms with Crippen molar-refractivity contribution in [2.75, 3.05) is 31.6 Å². The van der Waals surface area contributed by atoms with E-state index in [0.29, 0.717) is 22.4 Å². The number of fused-ring (bicyclic) bond motifs is 1. The van der Waals surface area contributed by atoms with Crippen molar-refractivity contribution in [2.24, 2.45) is 0 Å². The van der Waals surface area contributed by atoms with Gasteiger partial charge >= 0.3 is 0 Å². The lowest BCUT2D eigenvalue weighted by atomic mass is 9.96. The highest BCUT2D eigenvalue weighted by molar-refractivity contribution is 6.13. The molecule has 0 bridgehead atoms. The van der Waals surface area contributed by atoms with Gasteiger partial charge in [-0.05, 0) is 43.2 Å². The van der Waals surface area contributed by atoms with Gasteiger partial charge in [0.05, 0.1) is 22.4 Å². The molecule has 29 heavy (non-hydrogen) atoms. The maximum Gasteiger partial charge on any atom is 0.129 e. The first-order chi connectivity index (χ1) is 14.1. The molecule has 2 aromatic heterocycles. The summed E-state index contributed by atoms with van der Waals surface area (Å²) in [6.07, 6.45) is 7.45. The molecule has 7 heteroatoms. The van der Waals surface area contributed by atoms with E-state index in [1.54, 1.807) is 19.3 Å². The Balaban J connectivity index is 1.47. The van der Waals surface area contributed by atoms with Crippen molar-refractivity contribution >= 4 is 28.1 Å². The van der Waals surface area contributed by atoms with E-state index in [0.717, 1.165) is 36.5 Å². The van der Waals surface area contributed by atoms with Crippen LogP contribution < -0.4 is 15.5 Å². The summed E-state index contributed by atoms with van der Waals surface area (Å²) in [6.45, 7) is 2.97. The maximum atomic E-state index is 10.4. The first-order valence-electron chi connectivity index (χ1n) is 9.94. The van der Waals surface area contributed by atoms with E-state index in [1.807, 2.05) is 24.3 Å². The number of nitrogens with zero attached hydrogens (tertiary/aromatic N) is 3. The van der Waals surface area contributed by atoms with E-state index in [4.69, 9.17) is 15.4 Å². The van der Waals surface area contributed by atoms with Crippen molar-refractivity contribution in [1.82, 2.24) is 20.6 Å². The molecule has 148 valence electrons. The van der Waals surface area contributed by atoms with Gasteiger partial charge in [-0.25, -0.2) is 9.97 Å². The summed E-state index contributed by atoms with van der Waals surface area (Å²) in [5, 5.41) is 24.9. The van der Waals surface area contributed by atoms with E-state index >= 15 is 0 Å². The Hall–Kier alpha value is -3.19. The molecule has 2 aliphatic carbocycles. The van der Waals surface area contributed by atoms with Gasteiger partial charge in [0.25, 0.3) is 0 Å². The SMILES string of the molecule is CN/C=C1/C=C(c2ccc3nc(N4CCNC5(CC5)C4)ccc3n2)C(O)=CC1=N. The van der Waals surface area contributed by atoms with E-state index in [-0.39, 0.29) is 11.5 Å². The Morgan fingerprint density at radius 3 is 2.76 bits per heavy atom. The van der Waals surface area contributed by atoms with Crippen LogP contribution in [-0.4, -0.2) is 53.0 Å². The van der Waals surface area contributed by atoms with Crippen LogP contribution in [0.5, 0.6) is 0 Å². The number of hydrogen-bond donors (Lipinski definition) is 4. The van der Waals surface area contributed by atoms with E-state index in [2.05, 4.69) is 15.5 Å². The van der Waals surface area contributed by atoms with Crippen molar-refractivity contribution in [2.45, 2.75) is 18.4 Å². The highest BCUT2D eigenvalue weighted by atomic mass is 16.3. The molecule has 1 saturated heterocycles. The third-order valence-electron chi connectivity index (χ3n) is 5.82. The number of aliphatic hydroxyl groups excluding tert-OH is 1. The van der Waals surface area contributed by atoms with Crippen LogP contribution in [0.1, 0.15) is 18.5 Å². The van der Waals surface area contributed by atoms with Gasteiger partial charge < -0.3 is 26.0 Å². The summed E-state index contributed by atoms with van der Waals surface area (Å²) in [6, 6.07) is 7.86. The minimum Gasteiger partial charge on any atom is -0.507 e. The van der Waals surface area contributed by atoms with Gasteiger partial charge in [-0.15, -0.1) is 0 Å². The highest BCUT2D eigenvalue weighted by Crippen LogP contribution is 2.38. The molecule has 1 spiro atoms. The van der Waals surface area contributed by atoms with Gasteiger partial charge in [0.2, 0.25) is 0 Å². The van der Waals surface area contributed by atoms with Crippen molar-refractivity contribution < 1.29 is 5.11 Å². The molecule has 2 fully saturated rings. The molecule has 0 atom stereocenters. The third-order valence-corrected chi connectivity index (χ3v) is 5.82. The molecule has 2 aromatic rings. The maximum absolute atomic E-state index is 10.4. The molecule has 0 unspecified atom stereocenters. The standard InChI is InChI=1S/C22H24N6O/c1-24-12-14-10-15(20(29)11-16(14)23)17-2-3-19-18(26-17)4-5-21(27-19)28-9-8-25-22(13-28)6-7-22/h2-5,10-12,23-25,29H,6-9,13H2,1H3/b14-12-,23-16?. The van der Waals surface area contributed by atoms with Crippen LogP contribution in [0.4, 0.5) is 5.82 Å². The fraction of sp³-hybridized carbons (Fsp3) is 0.318. The van der Waals surface area contributed by atoms with Crippen LogP contribution in [0, 0.1) is 5.41 Å². The average molecular weight is 388 g/mol. The van der Waals surface area contributed by atoms with E-state index in [9.17, 15) is 5.11 Å². The van der Waals surface area contributed by atoms with Gasteiger partial charge in [-0.3, -0.25) is 0 Å².